The van der Waals surface area contributed by atoms with E-state index < -0.39 is 0 Å². The molecule has 19 heavy (non-hydrogen) atoms. The minimum Gasteiger partial charge on any atom is -0.338 e. The van der Waals surface area contributed by atoms with Crippen LogP contribution in [0.15, 0.2) is 28.9 Å². The Morgan fingerprint density at radius 2 is 2.11 bits per heavy atom. The number of nitrogens with zero attached hydrogens (tertiary/aromatic N) is 2. The van der Waals surface area contributed by atoms with E-state index in [1.165, 1.54) is 21.1 Å². The number of benzene rings is 1. The normalized spacial score (nSPS) is 21.1. The number of aromatic nitrogens is 1. The summed E-state index contributed by atoms with van der Waals surface area (Å²) < 4.78 is 3.45. The molecule has 1 fully saturated rings. The molecule has 1 saturated heterocycles. The molecule has 3 nitrogen and oxygen atoms in total. The van der Waals surface area contributed by atoms with Crippen molar-refractivity contribution in [3.8, 4) is 0 Å². The van der Waals surface area contributed by atoms with E-state index in [2.05, 4.69) is 69.1 Å². The topological polar surface area (TPSA) is 20.2 Å². The van der Waals surface area contributed by atoms with Crippen LogP contribution in [0, 0.1) is 0 Å². The van der Waals surface area contributed by atoms with Gasteiger partial charge in [-0.2, -0.15) is 0 Å². The summed E-state index contributed by atoms with van der Waals surface area (Å²) in [6, 6.07) is 9.18. The van der Waals surface area contributed by atoms with Crippen molar-refractivity contribution in [3.05, 3.63) is 34.4 Å². The number of hydrogen-bond donors (Lipinski definition) is 1. The van der Waals surface area contributed by atoms with Crippen LogP contribution in [0.2, 0.25) is 0 Å². The number of likely N-dealkylation sites (N-methyl/N-ethyl adjacent to an activating group) is 1. The van der Waals surface area contributed by atoms with E-state index in [-0.39, 0.29) is 0 Å². The standard InChI is InChI=1S/C15H20BrN3/c1-18-8-7-17-11(10-18)9-13-12-5-3-4-6-14(12)19(2)15(13)16/h3-6,11,17H,7-10H2,1-2H3. The molecule has 1 aromatic carbocycles. The highest BCUT2D eigenvalue weighted by Crippen LogP contribution is 2.30. The highest BCUT2D eigenvalue weighted by atomic mass is 79.9. The number of piperazine rings is 1. The van der Waals surface area contributed by atoms with Crippen LogP contribution >= 0.6 is 15.9 Å². The first-order chi connectivity index (χ1) is 9.16. The van der Waals surface area contributed by atoms with Crippen molar-refractivity contribution in [2.45, 2.75) is 12.5 Å². The Kier molecular flexibility index (Phi) is 3.65. The van der Waals surface area contributed by atoms with Crippen LogP contribution in [0.5, 0.6) is 0 Å². The maximum Gasteiger partial charge on any atom is 0.0887 e. The molecule has 1 aliphatic heterocycles. The summed E-state index contributed by atoms with van der Waals surface area (Å²) in [5, 5.41) is 4.99. The van der Waals surface area contributed by atoms with Crippen LogP contribution in [-0.4, -0.2) is 42.2 Å². The minimum absolute atomic E-state index is 0.542. The lowest BCUT2D eigenvalue weighted by Gasteiger charge is -2.31. The minimum atomic E-state index is 0.542. The Labute approximate surface area is 122 Å². The maximum absolute atomic E-state index is 3.76. The van der Waals surface area contributed by atoms with E-state index in [0.29, 0.717) is 6.04 Å². The quantitative estimate of drug-likeness (QED) is 0.916. The summed E-state index contributed by atoms with van der Waals surface area (Å²) in [7, 11) is 4.32. The number of rotatable bonds is 2. The van der Waals surface area contributed by atoms with Gasteiger partial charge in [0.1, 0.15) is 0 Å². The zero-order valence-electron chi connectivity index (χ0n) is 11.5. The van der Waals surface area contributed by atoms with Crippen molar-refractivity contribution >= 4 is 26.8 Å². The lowest BCUT2D eigenvalue weighted by Crippen LogP contribution is -2.49. The van der Waals surface area contributed by atoms with Gasteiger partial charge in [0.25, 0.3) is 0 Å². The molecular weight excluding hydrogens is 302 g/mol. The van der Waals surface area contributed by atoms with Crippen molar-refractivity contribution in [3.63, 3.8) is 0 Å². The van der Waals surface area contributed by atoms with Gasteiger partial charge in [0.15, 0.2) is 0 Å². The van der Waals surface area contributed by atoms with E-state index >= 15 is 0 Å². The predicted molar refractivity (Wildman–Crippen MR) is 83.6 cm³/mol. The lowest BCUT2D eigenvalue weighted by molar-refractivity contribution is 0.238. The van der Waals surface area contributed by atoms with Crippen molar-refractivity contribution in [1.29, 1.82) is 0 Å². The summed E-state index contributed by atoms with van der Waals surface area (Å²) in [4.78, 5) is 2.40. The van der Waals surface area contributed by atoms with Crippen LogP contribution in [0.1, 0.15) is 5.56 Å². The molecule has 0 radical (unpaired) electrons. The van der Waals surface area contributed by atoms with E-state index in [0.717, 1.165) is 26.1 Å². The number of nitrogens with one attached hydrogen (secondary N) is 1. The summed E-state index contributed by atoms with van der Waals surface area (Å²) in [6.07, 6.45) is 1.08. The molecule has 0 bridgehead atoms. The molecule has 102 valence electrons. The molecule has 4 heteroatoms. The third kappa shape index (κ3) is 2.45. The molecule has 3 rings (SSSR count). The fraction of sp³-hybridized carbons (Fsp3) is 0.467. The van der Waals surface area contributed by atoms with Gasteiger partial charge in [-0.15, -0.1) is 0 Å². The zero-order valence-corrected chi connectivity index (χ0v) is 13.1. The summed E-state index contributed by atoms with van der Waals surface area (Å²) in [5.74, 6) is 0. The van der Waals surface area contributed by atoms with Gasteiger partial charge in [-0.1, -0.05) is 18.2 Å². The first-order valence-electron chi connectivity index (χ1n) is 6.80. The van der Waals surface area contributed by atoms with Gasteiger partial charge in [-0.3, -0.25) is 0 Å². The van der Waals surface area contributed by atoms with Gasteiger partial charge in [-0.05, 0) is 41.0 Å². The van der Waals surface area contributed by atoms with Crippen LogP contribution in [0.3, 0.4) is 0 Å². The molecule has 1 N–H and O–H groups in total. The number of hydrogen-bond acceptors (Lipinski definition) is 2. The number of halogens is 1. The highest BCUT2D eigenvalue weighted by molar-refractivity contribution is 9.10. The molecule has 0 spiro atoms. The zero-order chi connectivity index (χ0) is 13.4. The SMILES string of the molecule is CN1CCNC(Cc2c(Br)n(C)c3ccccc23)C1. The fourth-order valence-corrected chi connectivity index (χ4v) is 3.58. The second-order valence-corrected chi connectivity index (χ2v) is 6.21. The Hall–Kier alpha value is -0.840. The maximum atomic E-state index is 3.76. The Bertz CT molecular complexity index is 590. The van der Waals surface area contributed by atoms with Crippen LogP contribution < -0.4 is 5.32 Å². The average molecular weight is 322 g/mol. The molecule has 1 unspecified atom stereocenters. The second kappa shape index (κ2) is 5.27. The van der Waals surface area contributed by atoms with Gasteiger partial charge >= 0.3 is 0 Å². The molecule has 1 aromatic heterocycles. The Balaban J connectivity index is 1.94. The first-order valence-corrected chi connectivity index (χ1v) is 7.60. The van der Waals surface area contributed by atoms with Crippen molar-refractivity contribution < 1.29 is 0 Å². The third-order valence-corrected chi connectivity index (χ3v) is 5.05. The largest absolute Gasteiger partial charge is 0.338 e. The van der Waals surface area contributed by atoms with Crippen molar-refractivity contribution in [2.75, 3.05) is 26.7 Å². The number of para-hydroxylation sites is 1. The van der Waals surface area contributed by atoms with Gasteiger partial charge in [0.2, 0.25) is 0 Å². The molecule has 2 heterocycles. The third-order valence-electron chi connectivity index (χ3n) is 4.04. The average Bonchev–Trinajstić information content (AvgIpc) is 2.65. The summed E-state index contributed by atoms with van der Waals surface area (Å²) in [5.41, 5.74) is 2.72. The van der Waals surface area contributed by atoms with Crippen LogP contribution in [0.25, 0.3) is 10.9 Å². The van der Waals surface area contributed by atoms with Crippen molar-refractivity contribution in [2.24, 2.45) is 7.05 Å². The Morgan fingerprint density at radius 3 is 2.89 bits per heavy atom. The first kappa shape index (κ1) is 13.2. The highest BCUT2D eigenvalue weighted by Gasteiger charge is 2.20. The van der Waals surface area contributed by atoms with E-state index in [1.54, 1.807) is 0 Å². The van der Waals surface area contributed by atoms with Crippen LogP contribution in [0.4, 0.5) is 0 Å². The summed E-state index contributed by atoms with van der Waals surface area (Å²) in [6.45, 7) is 3.35. The molecule has 1 aliphatic rings. The van der Waals surface area contributed by atoms with E-state index in [1.807, 2.05) is 0 Å². The second-order valence-electron chi connectivity index (χ2n) is 5.46. The lowest BCUT2D eigenvalue weighted by atomic mass is 10.0. The smallest absolute Gasteiger partial charge is 0.0887 e. The van der Waals surface area contributed by atoms with Gasteiger partial charge in [-0.25, -0.2) is 0 Å². The van der Waals surface area contributed by atoms with Crippen LogP contribution in [-0.2, 0) is 13.5 Å². The fourth-order valence-electron chi connectivity index (χ4n) is 3.01. The van der Waals surface area contributed by atoms with Gasteiger partial charge in [0, 0.05) is 43.6 Å². The molecule has 1 atom stereocenters. The van der Waals surface area contributed by atoms with Crippen molar-refractivity contribution in [1.82, 2.24) is 14.8 Å². The molecule has 0 saturated carbocycles. The Morgan fingerprint density at radius 1 is 1.32 bits per heavy atom. The van der Waals surface area contributed by atoms with Gasteiger partial charge < -0.3 is 14.8 Å². The summed E-state index contributed by atoms with van der Waals surface area (Å²) >= 11 is 3.76. The molecule has 2 aromatic rings. The molecular formula is C15H20BrN3. The molecule has 0 aliphatic carbocycles. The van der Waals surface area contributed by atoms with Gasteiger partial charge in [0.05, 0.1) is 4.60 Å². The monoisotopic (exact) mass is 321 g/mol. The predicted octanol–water partition coefficient (Wildman–Crippen LogP) is 2.39. The van der Waals surface area contributed by atoms with E-state index in [4.69, 9.17) is 0 Å². The number of aryl methyl sites for hydroxylation is 1. The number of fused-ring (bicyclic) bond motifs is 1. The van der Waals surface area contributed by atoms with E-state index in [9.17, 15) is 0 Å². The molecule has 0 amide bonds.